The van der Waals surface area contributed by atoms with Crippen molar-refractivity contribution in [2.45, 2.75) is 58.9 Å². The summed E-state index contributed by atoms with van der Waals surface area (Å²) in [5.74, 6) is 0.150. The van der Waals surface area contributed by atoms with Gasteiger partial charge in [0.15, 0.2) is 0 Å². The number of esters is 1. The molecule has 0 aliphatic carbocycles. The van der Waals surface area contributed by atoms with Crippen LogP contribution < -0.4 is 0 Å². The molecule has 0 saturated carbocycles. The lowest BCUT2D eigenvalue weighted by atomic mass is 9.93. The Morgan fingerprint density at radius 1 is 1.29 bits per heavy atom. The summed E-state index contributed by atoms with van der Waals surface area (Å²) >= 11 is 0. The van der Waals surface area contributed by atoms with Gasteiger partial charge in [-0.05, 0) is 53.1 Å². The molecule has 0 bridgehead atoms. The minimum Gasteiger partial charge on any atom is -0.465 e. The van der Waals surface area contributed by atoms with Crippen LogP contribution in [0.25, 0.3) is 0 Å². The van der Waals surface area contributed by atoms with Gasteiger partial charge in [0.25, 0.3) is 0 Å². The first-order chi connectivity index (χ1) is 7.95. The number of rotatable bonds is 4. The number of piperidine rings is 1. The highest BCUT2D eigenvalue weighted by atomic mass is 16.5. The van der Waals surface area contributed by atoms with E-state index in [-0.39, 0.29) is 17.4 Å². The van der Waals surface area contributed by atoms with E-state index in [9.17, 15) is 4.79 Å². The third-order valence-corrected chi connectivity index (χ3v) is 3.52. The zero-order chi connectivity index (χ0) is 12.9. The summed E-state index contributed by atoms with van der Waals surface area (Å²) in [5, 5.41) is 0. The Hall–Kier alpha value is -0.570. The molecule has 17 heavy (non-hydrogen) atoms. The Morgan fingerprint density at radius 3 is 2.35 bits per heavy atom. The Labute approximate surface area is 106 Å². The van der Waals surface area contributed by atoms with Crippen molar-refractivity contribution in [2.24, 2.45) is 5.92 Å². The summed E-state index contributed by atoms with van der Waals surface area (Å²) in [5.41, 5.74) is 0.219. The molecule has 0 atom stereocenters. The van der Waals surface area contributed by atoms with Gasteiger partial charge in [0.2, 0.25) is 0 Å². The standard InChI is InChI=1S/C14H27NO2/c1-5-6-11-17-13(16)12-7-9-15(10-8-12)14(2,3)4/h12H,5-11H2,1-4H3. The summed E-state index contributed by atoms with van der Waals surface area (Å²) in [6, 6.07) is 0. The van der Waals surface area contributed by atoms with E-state index in [2.05, 4.69) is 32.6 Å². The van der Waals surface area contributed by atoms with Gasteiger partial charge >= 0.3 is 5.97 Å². The van der Waals surface area contributed by atoms with Crippen LogP contribution in [0.15, 0.2) is 0 Å². The van der Waals surface area contributed by atoms with Crippen molar-refractivity contribution in [3.05, 3.63) is 0 Å². The van der Waals surface area contributed by atoms with Gasteiger partial charge in [0.1, 0.15) is 0 Å². The van der Waals surface area contributed by atoms with E-state index in [0.29, 0.717) is 6.61 Å². The zero-order valence-corrected chi connectivity index (χ0v) is 11.8. The lowest BCUT2D eigenvalue weighted by molar-refractivity contribution is -0.150. The molecule has 0 aromatic heterocycles. The van der Waals surface area contributed by atoms with E-state index in [1.807, 2.05) is 0 Å². The van der Waals surface area contributed by atoms with Crippen LogP contribution in [0.3, 0.4) is 0 Å². The lowest BCUT2D eigenvalue weighted by Crippen LogP contribution is -2.47. The van der Waals surface area contributed by atoms with Crippen LogP contribution in [-0.4, -0.2) is 36.1 Å². The topological polar surface area (TPSA) is 29.5 Å². The molecule has 0 aromatic carbocycles. The number of carbonyl (C=O) groups excluding carboxylic acids is 1. The zero-order valence-electron chi connectivity index (χ0n) is 11.8. The van der Waals surface area contributed by atoms with E-state index in [0.717, 1.165) is 38.8 Å². The molecule has 0 unspecified atom stereocenters. The number of ether oxygens (including phenoxy) is 1. The molecule has 0 N–H and O–H groups in total. The van der Waals surface area contributed by atoms with Gasteiger partial charge in [-0.1, -0.05) is 13.3 Å². The SMILES string of the molecule is CCCCOC(=O)C1CCN(C(C)(C)C)CC1. The predicted octanol–water partition coefficient (Wildman–Crippen LogP) is 2.84. The quantitative estimate of drug-likeness (QED) is 0.560. The van der Waals surface area contributed by atoms with Crippen molar-refractivity contribution in [3.8, 4) is 0 Å². The smallest absolute Gasteiger partial charge is 0.309 e. The average molecular weight is 241 g/mol. The molecule has 0 aromatic rings. The van der Waals surface area contributed by atoms with Gasteiger partial charge in [0, 0.05) is 5.54 Å². The van der Waals surface area contributed by atoms with Crippen molar-refractivity contribution >= 4 is 5.97 Å². The fourth-order valence-electron chi connectivity index (χ4n) is 2.22. The molecule has 1 fully saturated rings. The summed E-state index contributed by atoms with van der Waals surface area (Å²) in [7, 11) is 0. The third-order valence-electron chi connectivity index (χ3n) is 3.52. The van der Waals surface area contributed by atoms with Gasteiger partial charge in [-0.3, -0.25) is 9.69 Å². The molecule has 1 heterocycles. The van der Waals surface area contributed by atoms with Crippen LogP contribution in [0, 0.1) is 5.92 Å². The molecule has 1 saturated heterocycles. The number of nitrogens with zero attached hydrogens (tertiary/aromatic N) is 1. The molecule has 3 nitrogen and oxygen atoms in total. The summed E-state index contributed by atoms with van der Waals surface area (Å²) < 4.78 is 5.29. The van der Waals surface area contributed by atoms with Gasteiger partial charge in [-0.15, -0.1) is 0 Å². The minimum atomic E-state index is 0.0204. The molecular formula is C14H27NO2. The fourth-order valence-corrected chi connectivity index (χ4v) is 2.22. The molecule has 0 amide bonds. The van der Waals surface area contributed by atoms with Crippen LogP contribution in [0.1, 0.15) is 53.4 Å². The van der Waals surface area contributed by atoms with Gasteiger partial charge < -0.3 is 4.74 Å². The number of unbranched alkanes of at least 4 members (excludes halogenated alkanes) is 1. The highest BCUT2D eigenvalue weighted by molar-refractivity contribution is 5.72. The normalized spacial score (nSPS) is 19.3. The molecule has 3 heteroatoms. The van der Waals surface area contributed by atoms with Crippen molar-refractivity contribution in [3.63, 3.8) is 0 Å². The minimum absolute atomic E-state index is 0.0204. The van der Waals surface area contributed by atoms with Crippen LogP contribution in [-0.2, 0) is 9.53 Å². The summed E-state index contributed by atoms with van der Waals surface area (Å²) in [4.78, 5) is 14.2. The average Bonchev–Trinajstić information content (AvgIpc) is 2.28. The molecule has 100 valence electrons. The number of hydrogen-bond donors (Lipinski definition) is 0. The Balaban J connectivity index is 2.29. The number of hydrogen-bond acceptors (Lipinski definition) is 3. The van der Waals surface area contributed by atoms with Gasteiger partial charge in [0.05, 0.1) is 12.5 Å². The number of likely N-dealkylation sites (tertiary alicyclic amines) is 1. The maximum Gasteiger partial charge on any atom is 0.309 e. The maximum atomic E-state index is 11.8. The first-order valence-electron chi connectivity index (χ1n) is 6.87. The van der Waals surface area contributed by atoms with Crippen molar-refractivity contribution in [1.82, 2.24) is 4.90 Å². The van der Waals surface area contributed by atoms with Crippen LogP contribution in [0.2, 0.25) is 0 Å². The Morgan fingerprint density at radius 2 is 1.88 bits per heavy atom. The monoisotopic (exact) mass is 241 g/mol. The third kappa shape index (κ3) is 4.66. The highest BCUT2D eigenvalue weighted by Gasteiger charge is 2.30. The molecule has 1 aliphatic heterocycles. The molecular weight excluding hydrogens is 214 g/mol. The Bertz CT molecular complexity index is 237. The fraction of sp³-hybridized carbons (Fsp3) is 0.929. The Kier molecular flexibility index (Phi) is 5.44. The van der Waals surface area contributed by atoms with Crippen molar-refractivity contribution in [2.75, 3.05) is 19.7 Å². The molecule has 0 spiro atoms. The van der Waals surface area contributed by atoms with Crippen molar-refractivity contribution in [1.29, 1.82) is 0 Å². The molecule has 1 rings (SSSR count). The molecule has 0 radical (unpaired) electrons. The lowest BCUT2D eigenvalue weighted by Gasteiger charge is -2.40. The van der Waals surface area contributed by atoms with Gasteiger partial charge in [-0.2, -0.15) is 0 Å². The van der Waals surface area contributed by atoms with E-state index in [4.69, 9.17) is 4.74 Å². The van der Waals surface area contributed by atoms with Gasteiger partial charge in [-0.25, -0.2) is 0 Å². The summed E-state index contributed by atoms with van der Waals surface area (Å²) in [6.07, 6.45) is 3.95. The van der Waals surface area contributed by atoms with E-state index < -0.39 is 0 Å². The highest BCUT2D eigenvalue weighted by Crippen LogP contribution is 2.24. The second-order valence-electron chi connectivity index (χ2n) is 5.95. The number of carbonyl (C=O) groups is 1. The van der Waals surface area contributed by atoms with E-state index in [1.54, 1.807) is 0 Å². The predicted molar refractivity (Wildman–Crippen MR) is 69.9 cm³/mol. The van der Waals surface area contributed by atoms with Crippen LogP contribution in [0.4, 0.5) is 0 Å². The van der Waals surface area contributed by atoms with E-state index in [1.165, 1.54) is 0 Å². The first kappa shape index (κ1) is 14.5. The van der Waals surface area contributed by atoms with Crippen LogP contribution in [0.5, 0.6) is 0 Å². The first-order valence-corrected chi connectivity index (χ1v) is 6.87. The largest absolute Gasteiger partial charge is 0.465 e. The van der Waals surface area contributed by atoms with Crippen molar-refractivity contribution < 1.29 is 9.53 Å². The second kappa shape index (κ2) is 6.39. The molecule has 1 aliphatic rings. The van der Waals surface area contributed by atoms with E-state index >= 15 is 0 Å². The van der Waals surface area contributed by atoms with Crippen LogP contribution >= 0.6 is 0 Å². The second-order valence-corrected chi connectivity index (χ2v) is 5.95. The maximum absolute atomic E-state index is 11.8. The summed E-state index contributed by atoms with van der Waals surface area (Å²) in [6.45, 7) is 11.4.